The van der Waals surface area contributed by atoms with Crippen LogP contribution in [0.4, 0.5) is 23.0 Å². The van der Waals surface area contributed by atoms with Crippen LogP contribution >= 0.6 is 11.6 Å². The number of anilines is 4. The van der Waals surface area contributed by atoms with Gasteiger partial charge in [-0.1, -0.05) is 11.6 Å². The van der Waals surface area contributed by atoms with Crippen molar-refractivity contribution in [2.75, 3.05) is 30.6 Å². The van der Waals surface area contributed by atoms with Gasteiger partial charge in [0.1, 0.15) is 23.5 Å². The van der Waals surface area contributed by atoms with Crippen LogP contribution in [-0.4, -0.2) is 29.7 Å². The molecule has 0 amide bonds. The average Bonchev–Trinajstić information content (AvgIpc) is 2.50. The Hall–Kier alpha value is -2.41. The maximum atomic E-state index is 6.19. The highest BCUT2D eigenvalue weighted by Gasteiger charge is 2.17. The van der Waals surface area contributed by atoms with Crippen LogP contribution in [0.2, 0.25) is 5.02 Å². The van der Waals surface area contributed by atoms with Crippen molar-refractivity contribution < 1.29 is 9.47 Å². The summed E-state index contributed by atoms with van der Waals surface area (Å²) in [5.41, 5.74) is 7.02. The molecular weight excluding hydrogens is 330 g/mol. The molecular formula is C16H22ClN5O2. The lowest BCUT2D eigenvalue weighted by atomic mass is 10.1. The highest BCUT2D eigenvalue weighted by molar-refractivity contribution is 6.32. The maximum Gasteiger partial charge on any atom is 0.159 e. The number of methoxy groups -OCH3 is 2. The molecule has 0 fully saturated rings. The van der Waals surface area contributed by atoms with E-state index in [2.05, 4.69) is 20.6 Å². The second kappa shape index (κ2) is 7.00. The molecule has 1 aromatic heterocycles. The smallest absolute Gasteiger partial charge is 0.159 e. The zero-order valence-corrected chi connectivity index (χ0v) is 15.2. The summed E-state index contributed by atoms with van der Waals surface area (Å²) in [6, 6.07) is 3.38. The topological polar surface area (TPSA) is 94.3 Å². The van der Waals surface area contributed by atoms with Crippen LogP contribution in [0.3, 0.4) is 0 Å². The lowest BCUT2D eigenvalue weighted by Gasteiger charge is -2.23. The lowest BCUT2D eigenvalue weighted by molar-refractivity contribution is 0.396. The van der Waals surface area contributed by atoms with Crippen molar-refractivity contribution in [1.82, 2.24) is 9.97 Å². The fraction of sp³-hybridized carbons (Fsp3) is 0.375. The summed E-state index contributed by atoms with van der Waals surface area (Å²) in [6.45, 7) is 6.07. The van der Waals surface area contributed by atoms with Gasteiger partial charge in [-0.25, -0.2) is 9.97 Å². The third-order valence-electron chi connectivity index (χ3n) is 3.10. The largest absolute Gasteiger partial charge is 0.495 e. The molecule has 0 atom stereocenters. The number of nitrogens with two attached hydrogens (primary N) is 1. The molecule has 0 spiro atoms. The summed E-state index contributed by atoms with van der Waals surface area (Å²) in [5, 5.41) is 6.82. The number of rotatable bonds is 5. The quantitative estimate of drug-likeness (QED) is 0.756. The Morgan fingerprint density at radius 2 is 1.67 bits per heavy atom. The molecule has 0 aliphatic carbocycles. The third kappa shape index (κ3) is 4.11. The predicted octanol–water partition coefficient (Wildman–Crippen LogP) is 3.68. The number of hydrogen-bond donors (Lipinski definition) is 3. The summed E-state index contributed by atoms with van der Waals surface area (Å²) in [7, 11) is 3.10. The van der Waals surface area contributed by atoms with E-state index in [1.165, 1.54) is 6.33 Å². The fourth-order valence-corrected chi connectivity index (χ4v) is 2.28. The number of nitrogens with one attached hydrogen (secondary N) is 2. The van der Waals surface area contributed by atoms with Crippen LogP contribution in [0.15, 0.2) is 18.5 Å². The van der Waals surface area contributed by atoms with Gasteiger partial charge < -0.3 is 25.8 Å². The van der Waals surface area contributed by atoms with Gasteiger partial charge in [-0.2, -0.15) is 0 Å². The van der Waals surface area contributed by atoms with E-state index in [4.69, 9.17) is 26.8 Å². The molecule has 0 saturated carbocycles. The van der Waals surface area contributed by atoms with Gasteiger partial charge >= 0.3 is 0 Å². The van der Waals surface area contributed by atoms with Crippen molar-refractivity contribution in [3.63, 3.8) is 0 Å². The Morgan fingerprint density at radius 3 is 2.25 bits per heavy atom. The first-order valence-electron chi connectivity index (χ1n) is 7.32. The van der Waals surface area contributed by atoms with Crippen LogP contribution in [0.5, 0.6) is 11.5 Å². The van der Waals surface area contributed by atoms with E-state index in [9.17, 15) is 0 Å². The molecule has 0 aliphatic rings. The highest BCUT2D eigenvalue weighted by Crippen LogP contribution is 2.38. The zero-order chi connectivity index (χ0) is 17.9. The summed E-state index contributed by atoms with van der Waals surface area (Å²) in [6.07, 6.45) is 1.43. The molecule has 7 nitrogen and oxygen atoms in total. The summed E-state index contributed by atoms with van der Waals surface area (Å²) >= 11 is 6.19. The number of nitrogens with zero attached hydrogens (tertiary/aromatic N) is 2. The lowest BCUT2D eigenvalue weighted by Crippen LogP contribution is -2.27. The molecule has 24 heavy (non-hydrogen) atoms. The van der Waals surface area contributed by atoms with Crippen molar-refractivity contribution in [2.45, 2.75) is 26.3 Å². The van der Waals surface area contributed by atoms with E-state index in [1.807, 2.05) is 20.8 Å². The summed E-state index contributed by atoms with van der Waals surface area (Å²) < 4.78 is 10.6. The van der Waals surface area contributed by atoms with E-state index in [1.54, 1.807) is 26.4 Å². The first kappa shape index (κ1) is 17.9. The van der Waals surface area contributed by atoms with Gasteiger partial charge in [0.05, 0.1) is 24.9 Å². The number of aromatic nitrogens is 2. The standard InChI is InChI=1S/C16H22ClN5O2/c1-16(2,3)22-15-13(18)14(19-8-20-15)21-10-6-9(17)11(23-4)7-12(10)24-5/h6-8H,18H2,1-5H3,(H2,19,20,21,22). The molecule has 130 valence electrons. The van der Waals surface area contributed by atoms with Crippen molar-refractivity contribution in [2.24, 2.45) is 0 Å². The second-order valence-corrected chi connectivity index (χ2v) is 6.58. The van der Waals surface area contributed by atoms with E-state index in [0.717, 1.165) is 0 Å². The first-order chi connectivity index (χ1) is 11.2. The number of ether oxygens (including phenoxy) is 2. The molecule has 2 aromatic rings. The molecule has 0 bridgehead atoms. The van der Waals surface area contributed by atoms with Crippen LogP contribution in [0, 0.1) is 0 Å². The van der Waals surface area contributed by atoms with Gasteiger partial charge in [0, 0.05) is 11.6 Å². The van der Waals surface area contributed by atoms with E-state index < -0.39 is 0 Å². The molecule has 0 unspecified atom stereocenters. The van der Waals surface area contributed by atoms with Crippen LogP contribution in [-0.2, 0) is 0 Å². The van der Waals surface area contributed by atoms with E-state index >= 15 is 0 Å². The highest BCUT2D eigenvalue weighted by atomic mass is 35.5. The van der Waals surface area contributed by atoms with Gasteiger partial charge in [0.2, 0.25) is 0 Å². The van der Waals surface area contributed by atoms with Gasteiger partial charge in [-0.05, 0) is 26.8 Å². The Labute approximate surface area is 146 Å². The Bertz CT molecular complexity index is 731. The zero-order valence-electron chi connectivity index (χ0n) is 14.4. The third-order valence-corrected chi connectivity index (χ3v) is 3.40. The van der Waals surface area contributed by atoms with Crippen LogP contribution in [0.1, 0.15) is 20.8 Å². The fourth-order valence-electron chi connectivity index (χ4n) is 2.04. The van der Waals surface area contributed by atoms with Gasteiger partial charge in [0.25, 0.3) is 0 Å². The minimum absolute atomic E-state index is 0.180. The van der Waals surface area contributed by atoms with Crippen molar-refractivity contribution in [1.29, 1.82) is 0 Å². The summed E-state index contributed by atoms with van der Waals surface area (Å²) in [4.78, 5) is 8.38. The van der Waals surface area contributed by atoms with Crippen LogP contribution in [0.25, 0.3) is 0 Å². The predicted molar refractivity (Wildman–Crippen MR) is 97.7 cm³/mol. The normalized spacial score (nSPS) is 11.1. The SMILES string of the molecule is COc1cc(OC)c(Nc2ncnc(NC(C)(C)C)c2N)cc1Cl. The van der Waals surface area contributed by atoms with Crippen molar-refractivity contribution in [3.05, 3.63) is 23.5 Å². The number of nitrogen functional groups attached to an aromatic ring is 1. The average molecular weight is 352 g/mol. The molecule has 0 aliphatic heterocycles. The second-order valence-electron chi connectivity index (χ2n) is 6.17. The monoisotopic (exact) mass is 351 g/mol. The van der Waals surface area contributed by atoms with E-state index in [0.29, 0.717) is 39.5 Å². The molecule has 8 heteroatoms. The van der Waals surface area contributed by atoms with Crippen LogP contribution < -0.4 is 25.8 Å². The molecule has 2 rings (SSSR count). The minimum Gasteiger partial charge on any atom is -0.495 e. The summed E-state index contributed by atoms with van der Waals surface area (Å²) in [5.74, 6) is 2.08. The molecule has 0 saturated heterocycles. The van der Waals surface area contributed by atoms with Gasteiger partial charge in [-0.3, -0.25) is 0 Å². The Morgan fingerprint density at radius 1 is 1.04 bits per heavy atom. The maximum absolute atomic E-state index is 6.19. The van der Waals surface area contributed by atoms with Crippen molar-refractivity contribution in [3.8, 4) is 11.5 Å². The van der Waals surface area contributed by atoms with E-state index in [-0.39, 0.29) is 5.54 Å². The molecule has 0 radical (unpaired) electrons. The minimum atomic E-state index is -0.180. The molecule has 1 heterocycles. The molecule has 1 aromatic carbocycles. The Kier molecular flexibility index (Phi) is 5.23. The number of hydrogen-bond acceptors (Lipinski definition) is 7. The van der Waals surface area contributed by atoms with Gasteiger partial charge in [-0.15, -0.1) is 0 Å². The first-order valence-corrected chi connectivity index (χ1v) is 7.70. The number of halogens is 1. The Balaban J connectivity index is 2.38. The van der Waals surface area contributed by atoms with Crippen molar-refractivity contribution >= 4 is 34.6 Å². The number of benzene rings is 1. The molecule has 4 N–H and O–H groups in total. The van der Waals surface area contributed by atoms with Gasteiger partial charge in [0.15, 0.2) is 11.6 Å².